The van der Waals surface area contributed by atoms with E-state index in [-0.39, 0.29) is 24.3 Å². The maximum absolute atomic E-state index is 12.9. The highest BCUT2D eigenvalue weighted by Gasteiger charge is 2.40. The molecule has 1 fully saturated rings. The number of carbonyl (C=O) groups excluding carboxylic acids is 1. The first-order valence-corrected chi connectivity index (χ1v) is 11.7. The summed E-state index contributed by atoms with van der Waals surface area (Å²) in [5, 5.41) is 12.4. The molecular weight excluding hydrogens is 378 g/mol. The van der Waals surface area contributed by atoms with Crippen LogP contribution in [0, 0.1) is 17.8 Å². The Morgan fingerprint density at radius 3 is 2.67 bits per heavy atom. The molecule has 1 heterocycles. The fourth-order valence-corrected chi connectivity index (χ4v) is 4.90. The molecule has 1 aliphatic carbocycles. The number of rotatable bonds is 10. The van der Waals surface area contributed by atoms with Crippen molar-refractivity contribution in [3.05, 3.63) is 47.7 Å². The highest BCUT2D eigenvalue weighted by Crippen LogP contribution is 2.42. The minimum atomic E-state index is -0.423. The van der Waals surface area contributed by atoms with Crippen molar-refractivity contribution >= 4 is 5.91 Å². The summed E-state index contributed by atoms with van der Waals surface area (Å²) in [5.41, 5.74) is 1.20. The number of hydrogen-bond donors (Lipinski definition) is 2. The average Bonchev–Trinajstić information content (AvgIpc) is 2.79. The Bertz CT molecular complexity index is 669. The molecule has 166 valence electrons. The van der Waals surface area contributed by atoms with E-state index in [4.69, 9.17) is 9.47 Å². The van der Waals surface area contributed by atoms with Crippen LogP contribution in [-0.2, 0) is 20.7 Å². The number of amides is 1. The topological polar surface area (TPSA) is 67.8 Å². The molecule has 0 aromatic heterocycles. The van der Waals surface area contributed by atoms with Crippen LogP contribution in [0.5, 0.6) is 0 Å². The predicted octanol–water partition coefficient (Wildman–Crippen LogP) is 4.21. The van der Waals surface area contributed by atoms with Crippen LogP contribution >= 0.6 is 0 Å². The van der Waals surface area contributed by atoms with Crippen LogP contribution < -0.4 is 5.32 Å². The second kappa shape index (κ2) is 12.1. The molecule has 0 bridgehead atoms. The lowest BCUT2D eigenvalue weighted by molar-refractivity contribution is -0.176. The largest absolute Gasteiger partial charge is 0.459 e. The van der Waals surface area contributed by atoms with Crippen LogP contribution in [0.15, 0.2) is 42.2 Å². The van der Waals surface area contributed by atoms with E-state index in [1.807, 2.05) is 25.1 Å². The Morgan fingerprint density at radius 1 is 1.20 bits per heavy atom. The summed E-state index contributed by atoms with van der Waals surface area (Å²) >= 11 is 0. The fraction of sp³-hybridized carbons (Fsp3) is 0.640. The van der Waals surface area contributed by atoms with E-state index in [9.17, 15) is 9.90 Å². The van der Waals surface area contributed by atoms with Gasteiger partial charge in [0.05, 0.1) is 0 Å². The van der Waals surface area contributed by atoms with Gasteiger partial charge in [-0.15, -0.1) is 0 Å². The van der Waals surface area contributed by atoms with E-state index in [0.717, 1.165) is 19.3 Å². The van der Waals surface area contributed by atoms with E-state index >= 15 is 0 Å². The summed E-state index contributed by atoms with van der Waals surface area (Å²) < 4.78 is 12.0. The normalized spacial score (nSPS) is 24.7. The molecule has 0 radical (unpaired) electrons. The molecule has 1 amide bonds. The number of aliphatic hydroxyl groups excluding tert-OH is 1. The van der Waals surface area contributed by atoms with Crippen molar-refractivity contribution in [3.63, 3.8) is 0 Å². The third-order valence-corrected chi connectivity index (χ3v) is 6.42. The zero-order valence-corrected chi connectivity index (χ0v) is 18.2. The molecule has 0 unspecified atom stereocenters. The summed E-state index contributed by atoms with van der Waals surface area (Å²) in [4.78, 5) is 12.9. The van der Waals surface area contributed by atoms with Crippen molar-refractivity contribution in [1.82, 2.24) is 5.32 Å². The average molecular weight is 416 g/mol. The van der Waals surface area contributed by atoms with E-state index in [1.54, 1.807) is 0 Å². The number of carbonyl (C=O) groups is 1. The van der Waals surface area contributed by atoms with Crippen LogP contribution in [0.25, 0.3) is 0 Å². The smallest absolute Gasteiger partial charge is 0.286 e. The van der Waals surface area contributed by atoms with Gasteiger partial charge in [-0.3, -0.25) is 4.79 Å². The first kappa shape index (κ1) is 22.8. The second-order valence-electron chi connectivity index (χ2n) is 8.47. The summed E-state index contributed by atoms with van der Waals surface area (Å²) in [6.45, 7) is 3.24. The van der Waals surface area contributed by atoms with Gasteiger partial charge in [-0.1, -0.05) is 49.6 Å². The van der Waals surface area contributed by atoms with Crippen molar-refractivity contribution < 1.29 is 19.4 Å². The van der Waals surface area contributed by atoms with Crippen molar-refractivity contribution in [2.24, 2.45) is 17.8 Å². The third kappa shape index (κ3) is 6.32. The highest BCUT2D eigenvalue weighted by atomic mass is 16.7. The summed E-state index contributed by atoms with van der Waals surface area (Å²) in [7, 11) is 0. The van der Waals surface area contributed by atoms with Gasteiger partial charge in [0.15, 0.2) is 5.76 Å². The van der Waals surface area contributed by atoms with Gasteiger partial charge in [0.25, 0.3) is 5.91 Å². The molecule has 5 nitrogen and oxygen atoms in total. The molecule has 3 rings (SSSR count). The van der Waals surface area contributed by atoms with Crippen LogP contribution in [-0.4, -0.2) is 37.1 Å². The van der Waals surface area contributed by atoms with Gasteiger partial charge in [0.1, 0.15) is 0 Å². The summed E-state index contributed by atoms with van der Waals surface area (Å²) in [5.74, 6) is 1.24. The summed E-state index contributed by atoms with van der Waals surface area (Å²) in [6.07, 6.45) is 10.2. The molecule has 0 spiro atoms. The van der Waals surface area contributed by atoms with E-state index < -0.39 is 6.29 Å². The van der Waals surface area contributed by atoms with Crippen LogP contribution in [0.4, 0.5) is 0 Å². The van der Waals surface area contributed by atoms with Gasteiger partial charge in [0.2, 0.25) is 6.29 Å². The molecule has 0 saturated heterocycles. The minimum absolute atomic E-state index is 0.156. The Kier molecular flexibility index (Phi) is 9.22. The van der Waals surface area contributed by atoms with Crippen molar-refractivity contribution in [2.75, 3.05) is 19.8 Å². The first-order chi connectivity index (χ1) is 14.7. The maximum Gasteiger partial charge on any atom is 0.286 e. The Hall–Kier alpha value is -1.85. The van der Waals surface area contributed by atoms with Crippen LogP contribution in [0.1, 0.15) is 57.4 Å². The molecule has 3 atom stereocenters. The lowest BCUT2D eigenvalue weighted by Gasteiger charge is -2.41. The van der Waals surface area contributed by atoms with Crippen LogP contribution in [0.3, 0.4) is 0 Å². The number of hydrogen-bond acceptors (Lipinski definition) is 4. The fourth-order valence-electron chi connectivity index (χ4n) is 4.90. The SMILES string of the molecule is CCO[C@@H]1OC(C(=O)NCCc2ccccc2)=C[C@H](C2CCCCC2)[C@@H]1CCCO. The molecule has 1 aromatic carbocycles. The van der Waals surface area contributed by atoms with E-state index in [0.29, 0.717) is 24.8 Å². The lowest BCUT2D eigenvalue weighted by atomic mass is 9.71. The molecule has 1 aliphatic heterocycles. The number of aliphatic hydroxyl groups is 1. The zero-order chi connectivity index (χ0) is 21.2. The maximum atomic E-state index is 12.9. The predicted molar refractivity (Wildman–Crippen MR) is 118 cm³/mol. The molecule has 2 N–H and O–H groups in total. The summed E-state index contributed by atoms with van der Waals surface area (Å²) in [6, 6.07) is 10.2. The number of benzene rings is 1. The Morgan fingerprint density at radius 2 is 1.97 bits per heavy atom. The van der Waals surface area contributed by atoms with Gasteiger partial charge in [-0.2, -0.15) is 0 Å². The standard InChI is InChI=1S/C25H37NO4/c1-2-29-25-21(14-9-17-27)22(20-12-7-4-8-13-20)18-23(30-25)24(28)26-16-15-19-10-5-3-6-11-19/h3,5-6,10-11,18,20-22,25,27H,2,4,7-9,12-17H2,1H3,(H,26,28)/t21-,22+,25+/m0/s1. The number of allylic oxidation sites excluding steroid dienone is 1. The number of nitrogens with one attached hydrogen (secondary N) is 1. The van der Waals surface area contributed by atoms with Crippen molar-refractivity contribution in [2.45, 2.75) is 64.6 Å². The monoisotopic (exact) mass is 415 g/mol. The van der Waals surface area contributed by atoms with Crippen molar-refractivity contribution in [1.29, 1.82) is 0 Å². The van der Waals surface area contributed by atoms with E-state index in [1.165, 1.54) is 37.7 Å². The quantitative estimate of drug-likeness (QED) is 0.601. The first-order valence-electron chi connectivity index (χ1n) is 11.7. The number of ether oxygens (including phenoxy) is 2. The molecule has 1 aromatic rings. The highest BCUT2D eigenvalue weighted by molar-refractivity contribution is 5.91. The van der Waals surface area contributed by atoms with Crippen molar-refractivity contribution in [3.8, 4) is 0 Å². The van der Waals surface area contributed by atoms with Gasteiger partial charge in [-0.25, -0.2) is 0 Å². The molecule has 5 heteroatoms. The second-order valence-corrected chi connectivity index (χ2v) is 8.47. The molecular formula is C25H37NO4. The van der Waals surface area contributed by atoms with Crippen LogP contribution in [0.2, 0.25) is 0 Å². The third-order valence-electron chi connectivity index (χ3n) is 6.42. The molecule has 1 saturated carbocycles. The zero-order valence-electron chi connectivity index (χ0n) is 18.2. The Balaban J connectivity index is 1.70. The van der Waals surface area contributed by atoms with Gasteiger partial charge < -0.3 is 19.9 Å². The lowest BCUT2D eigenvalue weighted by Crippen LogP contribution is -2.42. The van der Waals surface area contributed by atoms with Gasteiger partial charge in [-0.05, 0) is 62.5 Å². The minimum Gasteiger partial charge on any atom is -0.459 e. The molecule has 2 aliphatic rings. The van der Waals surface area contributed by atoms with Gasteiger partial charge in [0, 0.05) is 25.7 Å². The van der Waals surface area contributed by atoms with Gasteiger partial charge >= 0.3 is 0 Å². The van der Waals surface area contributed by atoms with E-state index in [2.05, 4.69) is 23.5 Å². The molecule has 30 heavy (non-hydrogen) atoms. The Labute approximate surface area is 180 Å².